The van der Waals surface area contributed by atoms with E-state index < -0.39 is 0 Å². The van der Waals surface area contributed by atoms with Gasteiger partial charge in [-0.1, -0.05) is 127 Å². The van der Waals surface area contributed by atoms with Crippen LogP contribution in [0.15, 0.2) is 36.4 Å². The van der Waals surface area contributed by atoms with E-state index in [0.717, 1.165) is 0 Å². The topological polar surface area (TPSA) is 0 Å². The molecule has 0 aromatic heterocycles. The largest absolute Gasteiger partial charge is 0.0654 e. The summed E-state index contributed by atoms with van der Waals surface area (Å²) in [5, 5.41) is 2.80. The van der Waals surface area contributed by atoms with Crippen LogP contribution in [0.3, 0.4) is 0 Å². The Kier molecular flexibility index (Phi) is 10.6. The molecule has 0 spiro atoms. The highest BCUT2D eigenvalue weighted by molar-refractivity contribution is 5.86. The van der Waals surface area contributed by atoms with Crippen molar-refractivity contribution in [2.24, 2.45) is 0 Å². The van der Waals surface area contributed by atoms with Crippen LogP contribution in [0.25, 0.3) is 10.8 Å². The van der Waals surface area contributed by atoms with E-state index in [9.17, 15) is 0 Å². The predicted molar refractivity (Wildman–Crippen MR) is 123 cm³/mol. The summed E-state index contributed by atoms with van der Waals surface area (Å²) in [6.45, 7) is 6.90. The Morgan fingerprint density at radius 3 is 1.93 bits per heavy atom. The lowest BCUT2D eigenvalue weighted by Crippen LogP contribution is -1.94. The average Bonchev–Trinajstić information content (AvgIpc) is 2.68. The Bertz CT molecular complexity index is 640. The molecule has 1 atom stereocenters. The van der Waals surface area contributed by atoms with Gasteiger partial charge >= 0.3 is 0 Å². The Labute approximate surface area is 168 Å². The van der Waals surface area contributed by atoms with Crippen molar-refractivity contribution in [2.45, 2.75) is 110 Å². The molecule has 0 radical (unpaired) electrons. The summed E-state index contributed by atoms with van der Waals surface area (Å²) < 4.78 is 0. The molecule has 150 valence electrons. The molecule has 0 heteroatoms. The van der Waals surface area contributed by atoms with Crippen molar-refractivity contribution in [3.63, 3.8) is 0 Å². The SMILES string of the molecule is CCCCCCCCCCCCCCC(C)c1ccc2c(C)cccc2c1. The molecule has 0 N–H and O–H groups in total. The molecule has 1 unspecified atom stereocenters. The number of aryl methyl sites for hydroxylation is 1. The number of hydrogen-bond donors (Lipinski definition) is 0. The zero-order chi connectivity index (χ0) is 19.3. The van der Waals surface area contributed by atoms with E-state index in [4.69, 9.17) is 0 Å². The Balaban J connectivity index is 1.54. The van der Waals surface area contributed by atoms with E-state index in [1.165, 1.54) is 105 Å². The average molecular weight is 367 g/mol. The monoisotopic (exact) mass is 366 g/mol. The molecule has 0 aliphatic heterocycles. The van der Waals surface area contributed by atoms with Crippen LogP contribution < -0.4 is 0 Å². The van der Waals surface area contributed by atoms with Crippen molar-refractivity contribution < 1.29 is 0 Å². The fourth-order valence-electron chi connectivity index (χ4n) is 4.23. The van der Waals surface area contributed by atoms with Crippen LogP contribution in [0.1, 0.15) is 114 Å². The number of benzene rings is 2. The standard InChI is InChI=1S/C27H42/c1-4-5-6-7-8-9-10-11-12-13-14-15-17-23(2)25-20-21-27-24(3)18-16-19-26(27)22-25/h16,18-23H,4-15,17H2,1-3H3. The Morgan fingerprint density at radius 2 is 1.30 bits per heavy atom. The molecule has 0 bridgehead atoms. The first-order valence-electron chi connectivity index (χ1n) is 11.7. The maximum atomic E-state index is 2.41. The highest BCUT2D eigenvalue weighted by Crippen LogP contribution is 2.27. The summed E-state index contributed by atoms with van der Waals surface area (Å²) in [7, 11) is 0. The minimum Gasteiger partial charge on any atom is -0.0654 e. The first-order valence-corrected chi connectivity index (χ1v) is 11.7. The molecule has 2 aromatic carbocycles. The zero-order valence-electron chi connectivity index (χ0n) is 18.2. The highest BCUT2D eigenvalue weighted by atomic mass is 14.1. The van der Waals surface area contributed by atoms with Crippen LogP contribution in [0.2, 0.25) is 0 Å². The molecular formula is C27H42. The lowest BCUT2D eigenvalue weighted by molar-refractivity contribution is 0.529. The number of unbranched alkanes of at least 4 members (excludes halogenated alkanes) is 11. The van der Waals surface area contributed by atoms with Gasteiger partial charge in [-0.25, -0.2) is 0 Å². The van der Waals surface area contributed by atoms with Crippen LogP contribution in [0.5, 0.6) is 0 Å². The first kappa shape index (κ1) is 22.0. The van der Waals surface area contributed by atoms with Crippen molar-refractivity contribution in [2.75, 3.05) is 0 Å². The lowest BCUT2D eigenvalue weighted by atomic mass is 9.92. The van der Waals surface area contributed by atoms with Gasteiger partial charge in [-0.2, -0.15) is 0 Å². The van der Waals surface area contributed by atoms with Crippen LogP contribution in [-0.4, -0.2) is 0 Å². The van der Waals surface area contributed by atoms with Gasteiger partial charge < -0.3 is 0 Å². The third-order valence-electron chi connectivity index (χ3n) is 6.18. The van der Waals surface area contributed by atoms with Gasteiger partial charge in [0.15, 0.2) is 0 Å². The van der Waals surface area contributed by atoms with Crippen molar-refractivity contribution >= 4 is 10.8 Å². The van der Waals surface area contributed by atoms with Crippen molar-refractivity contribution in [1.82, 2.24) is 0 Å². The molecule has 0 aliphatic rings. The first-order chi connectivity index (χ1) is 13.2. The van der Waals surface area contributed by atoms with Gasteiger partial charge in [0.05, 0.1) is 0 Å². The van der Waals surface area contributed by atoms with Crippen molar-refractivity contribution in [1.29, 1.82) is 0 Å². The van der Waals surface area contributed by atoms with Gasteiger partial charge in [-0.15, -0.1) is 0 Å². The van der Waals surface area contributed by atoms with Crippen LogP contribution >= 0.6 is 0 Å². The fraction of sp³-hybridized carbons (Fsp3) is 0.630. The van der Waals surface area contributed by atoms with Gasteiger partial charge in [0.25, 0.3) is 0 Å². The number of fused-ring (bicyclic) bond motifs is 1. The summed E-state index contributed by atoms with van der Waals surface area (Å²) in [4.78, 5) is 0. The lowest BCUT2D eigenvalue weighted by Gasteiger charge is -2.13. The minimum absolute atomic E-state index is 0.679. The van der Waals surface area contributed by atoms with E-state index in [-0.39, 0.29) is 0 Å². The summed E-state index contributed by atoms with van der Waals surface area (Å²) in [6.07, 6.45) is 18.5. The van der Waals surface area contributed by atoms with Crippen LogP contribution in [0.4, 0.5) is 0 Å². The highest BCUT2D eigenvalue weighted by Gasteiger charge is 2.07. The second kappa shape index (κ2) is 13.0. The van der Waals surface area contributed by atoms with E-state index in [2.05, 4.69) is 57.2 Å². The third-order valence-corrected chi connectivity index (χ3v) is 6.18. The Hall–Kier alpha value is -1.30. The van der Waals surface area contributed by atoms with Gasteiger partial charge in [0.2, 0.25) is 0 Å². The second-order valence-corrected chi connectivity index (χ2v) is 8.63. The molecule has 0 heterocycles. The summed E-state index contributed by atoms with van der Waals surface area (Å²) in [6, 6.07) is 13.7. The van der Waals surface area contributed by atoms with Crippen LogP contribution in [0, 0.1) is 6.92 Å². The molecule has 0 amide bonds. The summed E-state index contributed by atoms with van der Waals surface area (Å²) in [5.74, 6) is 0.679. The summed E-state index contributed by atoms with van der Waals surface area (Å²) in [5.41, 5.74) is 2.89. The van der Waals surface area contributed by atoms with E-state index in [1.807, 2.05) is 0 Å². The molecule has 2 aromatic rings. The third kappa shape index (κ3) is 8.08. The van der Waals surface area contributed by atoms with Crippen molar-refractivity contribution in [3.05, 3.63) is 47.5 Å². The van der Waals surface area contributed by atoms with Gasteiger partial charge in [-0.05, 0) is 41.2 Å². The van der Waals surface area contributed by atoms with Gasteiger partial charge in [-0.3, -0.25) is 0 Å². The van der Waals surface area contributed by atoms with Gasteiger partial charge in [0, 0.05) is 0 Å². The van der Waals surface area contributed by atoms with Gasteiger partial charge in [0.1, 0.15) is 0 Å². The summed E-state index contributed by atoms with van der Waals surface area (Å²) >= 11 is 0. The molecule has 27 heavy (non-hydrogen) atoms. The zero-order valence-corrected chi connectivity index (χ0v) is 18.2. The van der Waals surface area contributed by atoms with Crippen LogP contribution in [-0.2, 0) is 0 Å². The van der Waals surface area contributed by atoms with E-state index in [1.54, 1.807) is 0 Å². The molecule has 0 fully saturated rings. The smallest absolute Gasteiger partial charge is 0.0155 e. The maximum Gasteiger partial charge on any atom is -0.0155 e. The molecule has 0 saturated heterocycles. The molecule has 0 aliphatic carbocycles. The molecule has 0 saturated carbocycles. The van der Waals surface area contributed by atoms with E-state index >= 15 is 0 Å². The molecule has 2 rings (SSSR count). The normalized spacial score (nSPS) is 12.6. The number of hydrogen-bond acceptors (Lipinski definition) is 0. The van der Waals surface area contributed by atoms with Crippen molar-refractivity contribution in [3.8, 4) is 0 Å². The fourth-order valence-corrected chi connectivity index (χ4v) is 4.23. The minimum atomic E-state index is 0.679. The molecular weight excluding hydrogens is 324 g/mol. The number of rotatable bonds is 14. The Morgan fingerprint density at radius 1 is 0.704 bits per heavy atom. The predicted octanol–water partition coefficient (Wildman–Crippen LogP) is 9.34. The van der Waals surface area contributed by atoms with E-state index in [0.29, 0.717) is 5.92 Å². The molecule has 0 nitrogen and oxygen atoms in total. The maximum absolute atomic E-state index is 2.41. The quantitative estimate of drug-likeness (QED) is 0.292. The second-order valence-electron chi connectivity index (χ2n) is 8.63.